The summed E-state index contributed by atoms with van der Waals surface area (Å²) < 4.78 is 14.4. The fourth-order valence-corrected chi connectivity index (χ4v) is 2.01. The number of nitrogen functional groups attached to an aromatic ring is 1. The van der Waals surface area contributed by atoms with Crippen molar-refractivity contribution in [1.82, 2.24) is 9.78 Å². The smallest absolute Gasteiger partial charge is 0.185 e. The fourth-order valence-electron chi connectivity index (χ4n) is 2.01. The molecule has 0 aliphatic rings. The van der Waals surface area contributed by atoms with Crippen LogP contribution in [0.3, 0.4) is 0 Å². The van der Waals surface area contributed by atoms with E-state index in [1.807, 2.05) is 6.07 Å². The number of anilines is 1. The Morgan fingerprint density at radius 2 is 1.96 bits per heavy atom. The van der Waals surface area contributed by atoms with Gasteiger partial charge in [-0.2, -0.15) is 10.4 Å². The van der Waals surface area contributed by atoms with Crippen molar-refractivity contribution in [2.24, 2.45) is 16.5 Å². The number of hydrogen-bond donors (Lipinski definition) is 3. The minimum Gasteiger partial charge on any atom is -0.382 e. The quantitative estimate of drug-likeness (QED) is 0.285. The van der Waals surface area contributed by atoms with Crippen molar-refractivity contribution in [3.05, 3.63) is 41.3 Å². The molecule has 0 atom stereocenters. The summed E-state index contributed by atoms with van der Waals surface area (Å²) in [5.74, 6) is -0.102. The lowest BCUT2D eigenvalue weighted by molar-refractivity contribution is 0.627. The van der Waals surface area contributed by atoms with Crippen LogP contribution in [-0.4, -0.2) is 22.3 Å². The number of aliphatic imine (C=N–C) groups is 1. The average Bonchev–Trinajstić information content (AvgIpc) is 2.80. The zero-order valence-corrected chi connectivity index (χ0v) is 14.6. The highest BCUT2D eigenvalue weighted by Gasteiger charge is 2.16. The number of halogens is 2. The lowest BCUT2D eigenvalue weighted by atomic mass is 10.1. The van der Waals surface area contributed by atoms with Gasteiger partial charge in [-0.25, -0.2) is 9.07 Å². The van der Waals surface area contributed by atoms with E-state index in [1.165, 1.54) is 16.8 Å². The Balaban J connectivity index is 0.00000264. The van der Waals surface area contributed by atoms with Crippen LogP contribution in [0.2, 0.25) is 0 Å². The van der Waals surface area contributed by atoms with Gasteiger partial charge in [-0.1, -0.05) is 0 Å². The maximum Gasteiger partial charge on any atom is 0.185 e. The van der Waals surface area contributed by atoms with Gasteiger partial charge in [-0.15, -0.1) is 24.0 Å². The molecule has 0 spiro atoms. The molecule has 0 saturated carbocycles. The molecular formula is C14H17FIN7. The van der Waals surface area contributed by atoms with Gasteiger partial charge in [-0.3, -0.25) is 4.99 Å². The largest absolute Gasteiger partial charge is 0.382 e. The lowest BCUT2D eigenvalue weighted by Gasteiger charge is -2.03. The fraction of sp³-hybridized carbons (Fsp3) is 0.214. The third kappa shape index (κ3) is 4.56. The second-order valence-corrected chi connectivity index (χ2v) is 4.62. The van der Waals surface area contributed by atoms with Crippen molar-refractivity contribution in [2.45, 2.75) is 12.8 Å². The van der Waals surface area contributed by atoms with E-state index in [1.54, 1.807) is 12.1 Å². The van der Waals surface area contributed by atoms with E-state index >= 15 is 0 Å². The molecule has 1 aromatic heterocycles. The molecular weight excluding hydrogens is 412 g/mol. The molecule has 2 rings (SSSR count). The van der Waals surface area contributed by atoms with Gasteiger partial charge in [0.05, 0.1) is 11.4 Å². The van der Waals surface area contributed by atoms with Gasteiger partial charge < -0.3 is 17.2 Å². The van der Waals surface area contributed by atoms with Crippen molar-refractivity contribution in [1.29, 1.82) is 5.26 Å². The highest BCUT2D eigenvalue weighted by molar-refractivity contribution is 14.0. The second kappa shape index (κ2) is 8.33. The molecule has 122 valence electrons. The maximum atomic E-state index is 13.0. The molecule has 7 nitrogen and oxygen atoms in total. The van der Waals surface area contributed by atoms with Crippen LogP contribution in [0, 0.1) is 17.1 Å². The van der Waals surface area contributed by atoms with Crippen molar-refractivity contribution >= 4 is 35.8 Å². The van der Waals surface area contributed by atoms with Crippen LogP contribution in [0.25, 0.3) is 5.69 Å². The van der Waals surface area contributed by atoms with E-state index < -0.39 is 0 Å². The standard InChI is InChI=1S/C14H16FN7.HI/c15-9-3-5-10(6-4-9)22-13(17)11(8-16)12(21-22)2-1-7-20-14(18)19;/h3-6H,1-2,7,17H2,(H4,18,19,20);1H. The summed E-state index contributed by atoms with van der Waals surface area (Å²) in [6.45, 7) is 0.441. The predicted octanol–water partition coefficient (Wildman–Crippen LogP) is 1.29. The van der Waals surface area contributed by atoms with Crippen molar-refractivity contribution in [3.8, 4) is 11.8 Å². The Kier molecular flexibility index (Phi) is 6.77. The van der Waals surface area contributed by atoms with Gasteiger partial charge in [0, 0.05) is 6.54 Å². The predicted molar refractivity (Wildman–Crippen MR) is 97.1 cm³/mol. The number of nitriles is 1. The summed E-state index contributed by atoms with van der Waals surface area (Å²) in [5, 5.41) is 13.6. The third-order valence-corrected chi connectivity index (χ3v) is 3.04. The van der Waals surface area contributed by atoms with Crippen LogP contribution in [-0.2, 0) is 6.42 Å². The van der Waals surface area contributed by atoms with E-state index in [0.717, 1.165) is 0 Å². The van der Waals surface area contributed by atoms with Crippen LogP contribution in [0.15, 0.2) is 29.3 Å². The number of aryl methyl sites for hydroxylation is 1. The lowest BCUT2D eigenvalue weighted by Crippen LogP contribution is -2.23. The third-order valence-electron chi connectivity index (χ3n) is 3.04. The van der Waals surface area contributed by atoms with Crippen LogP contribution < -0.4 is 17.2 Å². The number of nitrogens with two attached hydrogens (primary N) is 3. The highest BCUT2D eigenvalue weighted by Crippen LogP contribution is 2.21. The number of nitrogens with zero attached hydrogens (tertiary/aromatic N) is 4. The molecule has 23 heavy (non-hydrogen) atoms. The first-order valence-corrected chi connectivity index (χ1v) is 6.61. The van der Waals surface area contributed by atoms with Gasteiger partial charge >= 0.3 is 0 Å². The second-order valence-electron chi connectivity index (χ2n) is 4.62. The Hall–Kier alpha value is -2.35. The average molecular weight is 429 g/mol. The van der Waals surface area contributed by atoms with Gasteiger partial charge in [0.15, 0.2) is 5.96 Å². The van der Waals surface area contributed by atoms with E-state index in [-0.39, 0.29) is 41.6 Å². The molecule has 0 fully saturated rings. The Labute approximate surface area is 150 Å². The molecule has 1 heterocycles. The number of hydrogen-bond acceptors (Lipinski definition) is 4. The highest BCUT2D eigenvalue weighted by atomic mass is 127. The van der Waals surface area contributed by atoms with E-state index in [0.29, 0.717) is 36.3 Å². The molecule has 0 unspecified atom stereocenters. The van der Waals surface area contributed by atoms with Gasteiger partial charge in [-0.05, 0) is 37.1 Å². The number of benzene rings is 1. The van der Waals surface area contributed by atoms with E-state index in [2.05, 4.69) is 10.1 Å². The SMILES string of the molecule is I.N#Cc1c(CCCN=C(N)N)nn(-c2ccc(F)cc2)c1N. The minimum atomic E-state index is -0.354. The van der Waals surface area contributed by atoms with Crippen LogP contribution in [0.1, 0.15) is 17.7 Å². The van der Waals surface area contributed by atoms with E-state index in [4.69, 9.17) is 17.2 Å². The summed E-state index contributed by atoms with van der Waals surface area (Å²) in [4.78, 5) is 3.87. The van der Waals surface area contributed by atoms with Gasteiger partial charge in [0.1, 0.15) is 23.3 Å². The molecule has 9 heteroatoms. The molecule has 0 aliphatic carbocycles. The van der Waals surface area contributed by atoms with Crippen molar-refractivity contribution in [2.75, 3.05) is 12.3 Å². The zero-order valence-electron chi connectivity index (χ0n) is 12.2. The Morgan fingerprint density at radius 3 is 2.52 bits per heavy atom. The molecule has 0 amide bonds. The molecule has 0 aliphatic heterocycles. The topological polar surface area (TPSA) is 132 Å². The molecule has 0 saturated heterocycles. The summed E-state index contributed by atoms with van der Waals surface area (Å²) in [6.07, 6.45) is 1.14. The van der Waals surface area contributed by atoms with E-state index in [9.17, 15) is 9.65 Å². The Bertz CT molecular complexity index is 727. The normalized spacial score (nSPS) is 9.74. The van der Waals surface area contributed by atoms with Crippen molar-refractivity contribution < 1.29 is 4.39 Å². The van der Waals surface area contributed by atoms with Gasteiger partial charge in [0.25, 0.3) is 0 Å². The number of rotatable bonds is 5. The summed E-state index contributed by atoms with van der Waals surface area (Å²) in [6, 6.07) is 7.75. The van der Waals surface area contributed by atoms with Crippen LogP contribution in [0.5, 0.6) is 0 Å². The van der Waals surface area contributed by atoms with Crippen molar-refractivity contribution in [3.63, 3.8) is 0 Å². The van der Waals surface area contributed by atoms with Crippen LogP contribution in [0.4, 0.5) is 10.2 Å². The monoisotopic (exact) mass is 429 g/mol. The van der Waals surface area contributed by atoms with Gasteiger partial charge in [0.2, 0.25) is 0 Å². The molecule has 0 radical (unpaired) electrons. The van der Waals surface area contributed by atoms with Crippen LogP contribution >= 0.6 is 24.0 Å². The first-order valence-electron chi connectivity index (χ1n) is 6.61. The first-order chi connectivity index (χ1) is 10.5. The maximum absolute atomic E-state index is 13.0. The molecule has 2 aromatic rings. The Morgan fingerprint density at radius 1 is 1.30 bits per heavy atom. The molecule has 6 N–H and O–H groups in total. The summed E-state index contributed by atoms with van der Waals surface area (Å²) >= 11 is 0. The molecule has 0 bridgehead atoms. The first kappa shape index (κ1) is 18.7. The minimum absolute atomic E-state index is 0. The molecule has 1 aromatic carbocycles. The summed E-state index contributed by atoms with van der Waals surface area (Å²) in [5.41, 5.74) is 17.9. The number of aromatic nitrogens is 2. The summed E-state index contributed by atoms with van der Waals surface area (Å²) in [7, 11) is 0. The zero-order chi connectivity index (χ0) is 16.1. The number of guanidine groups is 1.